The first-order valence-electron chi connectivity index (χ1n) is 19.5. The quantitative estimate of drug-likeness (QED) is 0.0747. The maximum Gasteiger partial charge on any atom is 0.326 e. The summed E-state index contributed by atoms with van der Waals surface area (Å²) >= 11 is 0. The van der Waals surface area contributed by atoms with Gasteiger partial charge < -0.3 is 42.5 Å². The first-order valence-corrected chi connectivity index (χ1v) is 19.5. The maximum absolute atomic E-state index is 14.0. The number of rotatable bonds is 23. The van der Waals surface area contributed by atoms with Gasteiger partial charge in [0.05, 0.1) is 6.42 Å². The molecule has 0 spiro atoms. The molecule has 1 aliphatic carbocycles. The Morgan fingerprint density at radius 3 is 1.97 bits per heavy atom. The molecule has 9 N–H and O–H groups in total. The summed E-state index contributed by atoms with van der Waals surface area (Å²) in [4.78, 5) is 108. The molecule has 1 fully saturated rings. The number of carbonyl (C=O) groups excluding carboxylic acids is 6. The molecule has 1 aliphatic rings. The highest BCUT2D eigenvalue weighted by Gasteiger charge is 2.35. The fraction of sp³-hybridized carbons (Fsp3) is 0.488. The van der Waals surface area contributed by atoms with E-state index in [1.807, 2.05) is 0 Å². The van der Waals surface area contributed by atoms with Crippen molar-refractivity contribution in [3.63, 3.8) is 0 Å². The highest BCUT2D eigenvalue weighted by Crippen LogP contribution is 2.27. The third-order valence-electron chi connectivity index (χ3n) is 9.60. The molecule has 1 saturated carbocycles. The van der Waals surface area contributed by atoms with Crippen LogP contribution in [0.2, 0.25) is 0 Å². The standard InChI is InChI=1S/C41H55N7O10/c1-25(2)20-30(38(54)48-33(41(57)58)22-27-12-7-4-8-13-27)45-40(56)32(23-36(51)52)47-39(55)31(21-26-10-5-3-6-11-26)46-37(53)29(16-17-34(42)49)44-35(50)18-15-28-14-9-19-43-24-28/h4,7-9,12-15,18-19,24-26,29-33H,3,5-6,10-11,16-17,20-23H2,1-2H3,(H2,42,49)(H,44,50)(H,45,56)(H,46,53)(H,47,55)(H,48,54)(H,51,52)(H,57,58)/b18-15+/t29-,30-,31-,32-,33-/m0/s1. The Morgan fingerprint density at radius 2 is 1.36 bits per heavy atom. The number of pyridine rings is 1. The molecule has 1 heterocycles. The predicted molar refractivity (Wildman–Crippen MR) is 212 cm³/mol. The molecule has 0 unspecified atom stereocenters. The lowest BCUT2D eigenvalue weighted by Gasteiger charge is -2.29. The normalized spacial score (nSPS) is 15.6. The second-order valence-electron chi connectivity index (χ2n) is 14.9. The number of primary amides is 1. The zero-order valence-electron chi connectivity index (χ0n) is 32.9. The van der Waals surface area contributed by atoms with E-state index in [1.54, 1.807) is 62.5 Å². The van der Waals surface area contributed by atoms with Gasteiger partial charge in [-0.2, -0.15) is 0 Å². The van der Waals surface area contributed by atoms with Crippen LogP contribution in [0.15, 0.2) is 60.9 Å². The maximum atomic E-state index is 14.0. The predicted octanol–water partition coefficient (Wildman–Crippen LogP) is 1.60. The largest absolute Gasteiger partial charge is 0.481 e. The van der Waals surface area contributed by atoms with Gasteiger partial charge >= 0.3 is 11.9 Å². The third kappa shape index (κ3) is 16.9. The van der Waals surface area contributed by atoms with Crippen LogP contribution < -0.4 is 32.3 Å². The molecule has 0 radical (unpaired) electrons. The van der Waals surface area contributed by atoms with Gasteiger partial charge in [0, 0.05) is 31.3 Å². The Balaban J connectivity index is 1.82. The Kier molecular flexibility index (Phi) is 19.0. The number of nitrogens with one attached hydrogen (secondary N) is 5. The molecular formula is C41H55N7O10. The van der Waals surface area contributed by atoms with Gasteiger partial charge in [-0.3, -0.25) is 38.5 Å². The molecular weight excluding hydrogens is 750 g/mol. The summed E-state index contributed by atoms with van der Waals surface area (Å²) < 4.78 is 0. The molecule has 0 aliphatic heterocycles. The van der Waals surface area contributed by atoms with Gasteiger partial charge in [-0.15, -0.1) is 0 Å². The first-order chi connectivity index (χ1) is 27.6. The van der Waals surface area contributed by atoms with Crippen molar-refractivity contribution in [1.82, 2.24) is 31.6 Å². The molecule has 314 valence electrons. The van der Waals surface area contributed by atoms with E-state index in [1.165, 1.54) is 18.3 Å². The lowest BCUT2D eigenvalue weighted by Crippen LogP contribution is -2.59. The second-order valence-corrected chi connectivity index (χ2v) is 14.9. The number of benzene rings is 1. The molecule has 1 aromatic carbocycles. The summed E-state index contributed by atoms with van der Waals surface area (Å²) in [5.74, 6) is -7.83. The van der Waals surface area contributed by atoms with Gasteiger partial charge in [0.2, 0.25) is 35.4 Å². The van der Waals surface area contributed by atoms with Gasteiger partial charge in [0.15, 0.2) is 0 Å². The number of hydrogen-bond donors (Lipinski definition) is 8. The van der Waals surface area contributed by atoms with Crippen molar-refractivity contribution in [3.8, 4) is 0 Å². The second kappa shape index (κ2) is 23.8. The number of nitrogens with two attached hydrogens (primary N) is 1. The summed E-state index contributed by atoms with van der Waals surface area (Å²) in [7, 11) is 0. The van der Waals surface area contributed by atoms with Crippen LogP contribution in [0.5, 0.6) is 0 Å². The summed E-state index contributed by atoms with van der Waals surface area (Å²) in [6.45, 7) is 3.55. The van der Waals surface area contributed by atoms with Gasteiger partial charge in [-0.25, -0.2) is 4.79 Å². The van der Waals surface area contributed by atoms with Crippen molar-refractivity contribution in [2.24, 2.45) is 17.6 Å². The number of nitrogens with zero attached hydrogens (tertiary/aromatic N) is 1. The molecule has 17 nitrogen and oxygen atoms in total. The Hall–Kier alpha value is -6.13. The summed E-state index contributed by atoms with van der Waals surface area (Å²) in [5.41, 5.74) is 6.61. The van der Waals surface area contributed by atoms with E-state index < -0.39 is 84.0 Å². The van der Waals surface area contributed by atoms with Gasteiger partial charge in [-0.05, 0) is 54.4 Å². The van der Waals surface area contributed by atoms with Crippen molar-refractivity contribution < 1.29 is 48.6 Å². The number of amides is 6. The van der Waals surface area contributed by atoms with E-state index in [2.05, 4.69) is 31.6 Å². The Bertz CT molecular complexity index is 1750. The van der Waals surface area contributed by atoms with Crippen LogP contribution >= 0.6 is 0 Å². The van der Waals surface area contributed by atoms with Crippen molar-refractivity contribution in [3.05, 3.63) is 72.1 Å². The van der Waals surface area contributed by atoms with Crippen LogP contribution in [0.1, 0.15) is 89.2 Å². The lowest BCUT2D eigenvalue weighted by molar-refractivity contribution is -0.143. The van der Waals surface area contributed by atoms with Crippen LogP contribution in [0.3, 0.4) is 0 Å². The summed E-state index contributed by atoms with van der Waals surface area (Å²) in [6, 6.07) is 5.08. The highest BCUT2D eigenvalue weighted by atomic mass is 16.4. The topological polar surface area (TPSA) is 276 Å². The van der Waals surface area contributed by atoms with Gasteiger partial charge in [0.1, 0.15) is 30.2 Å². The highest BCUT2D eigenvalue weighted by molar-refractivity contribution is 5.98. The average Bonchev–Trinajstić information content (AvgIpc) is 3.18. The minimum Gasteiger partial charge on any atom is -0.481 e. The molecule has 17 heteroatoms. The van der Waals surface area contributed by atoms with E-state index in [4.69, 9.17) is 5.73 Å². The number of aromatic nitrogens is 1. The van der Waals surface area contributed by atoms with E-state index in [9.17, 15) is 48.6 Å². The SMILES string of the molecule is CC(C)C[C@H](NC(=O)[C@H](CC(=O)O)NC(=O)[C@H](CC1CCCCC1)NC(=O)[C@H](CCC(N)=O)NC(=O)/C=C/c1cccnc1)C(=O)N[C@@H](Cc1ccccc1)C(=O)O. The fourth-order valence-corrected chi connectivity index (χ4v) is 6.64. The lowest BCUT2D eigenvalue weighted by atomic mass is 9.84. The van der Waals surface area contributed by atoms with Crippen molar-refractivity contribution >= 4 is 53.5 Å². The number of aliphatic carboxylic acids is 2. The smallest absolute Gasteiger partial charge is 0.326 e. The zero-order valence-corrected chi connectivity index (χ0v) is 32.9. The molecule has 2 aromatic rings. The van der Waals surface area contributed by atoms with E-state index in [0.29, 0.717) is 11.1 Å². The zero-order chi connectivity index (χ0) is 42.6. The van der Waals surface area contributed by atoms with Crippen LogP contribution in [0, 0.1) is 11.8 Å². The Morgan fingerprint density at radius 1 is 0.759 bits per heavy atom. The molecule has 3 rings (SSSR count). The third-order valence-corrected chi connectivity index (χ3v) is 9.60. The molecule has 0 bridgehead atoms. The van der Waals surface area contributed by atoms with Crippen molar-refractivity contribution in [1.29, 1.82) is 0 Å². The van der Waals surface area contributed by atoms with Crippen LogP contribution in [-0.2, 0) is 44.8 Å². The number of carboxylic acid groups (broad SMARTS) is 2. The molecule has 0 saturated heterocycles. The molecule has 1 aromatic heterocycles. The van der Waals surface area contributed by atoms with Crippen LogP contribution in [0.4, 0.5) is 0 Å². The summed E-state index contributed by atoms with van der Waals surface area (Å²) in [6.07, 6.45) is 8.85. The molecule has 5 atom stereocenters. The van der Waals surface area contributed by atoms with Crippen LogP contribution in [-0.4, -0.2) is 92.8 Å². The summed E-state index contributed by atoms with van der Waals surface area (Å²) in [5, 5.41) is 32.2. The first kappa shape index (κ1) is 46.3. The average molecular weight is 806 g/mol. The van der Waals surface area contributed by atoms with Gasteiger partial charge in [0.25, 0.3) is 0 Å². The number of carboxylic acids is 2. The number of carbonyl (C=O) groups is 8. The van der Waals surface area contributed by atoms with E-state index in [-0.39, 0.29) is 43.9 Å². The fourth-order valence-electron chi connectivity index (χ4n) is 6.64. The van der Waals surface area contributed by atoms with E-state index in [0.717, 1.165) is 32.1 Å². The minimum atomic E-state index is -1.71. The van der Waals surface area contributed by atoms with Crippen molar-refractivity contribution in [2.45, 2.75) is 115 Å². The monoisotopic (exact) mass is 805 g/mol. The minimum absolute atomic E-state index is 0.00480. The van der Waals surface area contributed by atoms with E-state index >= 15 is 0 Å². The Labute approximate surface area is 337 Å². The molecule has 58 heavy (non-hydrogen) atoms. The van der Waals surface area contributed by atoms with Gasteiger partial charge in [-0.1, -0.05) is 82.3 Å². The van der Waals surface area contributed by atoms with Crippen LogP contribution in [0.25, 0.3) is 6.08 Å². The van der Waals surface area contributed by atoms with Crippen molar-refractivity contribution in [2.75, 3.05) is 0 Å². The number of hydrogen-bond acceptors (Lipinski definition) is 9. The molecule has 6 amide bonds.